The Morgan fingerprint density at radius 1 is 0.971 bits per heavy atom. The zero-order valence-corrected chi connectivity index (χ0v) is 23.2. The Morgan fingerprint density at radius 3 is 2.20 bits per heavy atom. The van der Waals surface area contributed by atoms with E-state index in [2.05, 4.69) is 41.2 Å². The van der Waals surface area contributed by atoms with Crippen LogP contribution in [-0.4, -0.2) is 55.5 Å². The average molecular weight is 493 g/mol. The summed E-state index contributed by atoms with van der Waals surface area (Å²) in [6.45, 7) is 18.6. The number of rotatable bonds is 5. The third-order valence-corrected chi connectivity index (χ3v) is 12.7. The van der Waals surface area contributed by atoms with E-state index in [1.165, 1.54) is 0 Å². The molecular formula is C30H52O5. The van der Waals surface area contributed by atoms with Crippen molar-refractivity contribution in [2.45, 2.75) is 130 Å². The molecule has 0 radical (unpaired) electrons. The summed E-state index contributed by atoms with van der Waals surface area (Å²) in [4.78, 5) is 0. The molecule has 202 valence electrons. The van der Waals surface area contributed by atoms with Gasteiger partial charge in [-0.05, 0) is 105 Å². The molecule has 0 bridgehead atoms. The van der Waals surface area contributed by atoms with E-state index in [1.807, 2.05) is 13.8 Å². The van der Waals surface area contributed by atoms with E-state index in [-0.39, 0.29) is 39.9 Å². The highest BCUT2D eigenvalue weighted by atomic mass is 16.3. The number of aliphatic hydroxyl groups excluding tert-OH is 4. The van der Waals surface area contributed by atoms with Gasteiger partial charge in [-0.3, -0.25) is 0 Å². The molecule has 4 saturated carbocycles. The standard InChI is InChI=1S/C30H52O5/c1-17(2)20(31)9-14-29(7,35)22-10-13-28(6)19-15-21(32)25-26(3,4)23(33)11-12-27(25,5)18(19)16-24(34)30(22,28)8/h18-25,31-35H,1,9-16H2,2-8H3/t18?,19?,20-,21-,22?,23?,24?,25?,27?,28-,29?,30?/m0/s1. The van der Waals surface area contributed by atoms with Crippen molar-refractivity contribution in [3.63, 3.8) is 0 Å². The van der Waals surface area contributed by atoms with Gasteiger partial charge >= 0.3 is 0 Å². The Hall–Kier alpha value is -0.460. The maximum absolute atomic E-state index is 11.9. The Kier molecular flexibility index (Phi) is 6.72. The van der Waals surface area contributed by atoms with Crippen LogP contribution in [0.5, 0.6) is 0 Å². The maximum atomic E-state index is 11.9. The molecule has 4 fully saturated rings. The van der Waals surface area contributed by atoms with E-state index >= 15 is 0 Å². The predicted octanol–water partition coefficient (Wildman–Crippen LogP) is 4.44. The minimum Gasteiger partial charge on any atom is -0.393 e. The summed E-state index contributed by atoms with van der Waals surface area (Å²) in [5.74, 6) is 0.467. The molecule has 5 nitrogen and oxygen atoms in total. The normalized spacial score (nSPS) is 51.5. The fourth-order valence-electron chi connectivity index (χ4n) is 10.4. The van der Waals surface area contributed by atoms with Gasteiger partial charge < -0.3 is 25.5 Å². The molecule has 0 aromatic carbocycles. The lowest BCUT2D eigenvalue weighted by Gasteiger charge is -2.69. The van der Waals surface area contributed by atoms with Gasteiger partial charge in [0.15, 0.2) is 0 Å². The molecule has 5 N–H and O–H groups in total. The second-order valence-electron chi connectivity index (χ2n) is 14.7. The molecule has 9 unspecified atom stereocenters. The minimum atomic E-state index is -1.01. The molecule has 4 aliphatic rings. The van der Waals surface area contributed by atoms with Gasteiger partial charge in [-0.25, -0.2) is 0 Å². The predicted molar refractivity (Wildman–Crippen MR) is 138 cm³/mol. The molecule has 35 heavy (non-hydrogen) atoms. The summed E-state index contributed by atoms with van der Waals surface area (Å²) in [5.41, 5.74) is -1.47. The van der Waals surface area contributed by atoms with Crippen molar-refractivity contribution in [1.29, 1.82) is 0 Å². The van der Waals surface area contributed by atoms with Crippen molar-refractivity contribution in [3.05, 3.63) is 12.2 Å². The van der Waals surface area contributed by atoms with Crippen molar-refractivity contribution < 1.29 is 25.5 Å². The summed E-state index contributed by atoms with van der Waals surface area (Å²) in [6.07, 6.45) is 3.62. The number of hydrogen-bond donors (Lipinski definition) is 5. The summed E-state index contributed by atoms with van der Waals surface area (Å²) < 4.78 is 0. The lowest BCUT2D eigenvalue weighted by Crippen LogP contribution is -2.68. The van der Waals surface area contributed by atoms with E-state index < -0.39 is 35.4 Å². The second-order valence-corrected chi connectivity index (χ2v) is 14.7. The van der Waals surface area contributed by atoms with Gasteiger partial charge in [0.25, 0.3) is 0 Å². The van der Waals surface area contributed by atoms with Gasteiger partial charge in [0.2, 0.25) is 0 Å². The number of aliphatic hydroxyl groups is 5. The quantitative estimate of drug-likeness (QED) is 0.365. The Bertz CT molecular complexity index is 837. The SMILES string of the molecule is C=C(C)[C@@H](O)CCC(C)(O)C1CC[C@@]2(C)C3C[C@H](O)C4C(C)(C)C(O)CCC4(C)C3CC(O)C12C. The molecule has 0 saturated heterocycles. The van der Waals surface area contributed by atoms with Crippen LogP contribution in [0.1, 0.15) is 99.8 Å². The van der Waals surface area contributed by atoms with Gasteiger partial charge in [0, 0.05) is 5.41 Å². The van der Waals surface area contributed by atoms with E-state index in [0.717, 1.165) is 25.7 Å². The van der Waals surface area contributed by atoms with Gasteiger partial charge in [0.05, 0.1) is 30.0 Å². The Balaban J connectivity index is 1.68. The van der Waals surface area contributed by atoms with Gasteiger partial charge in [-0.15, -0.1) is 0 Å². The average Bonchev–Trinajstić information content (AvgIpc) is 3.04. The largest absolute Gasteiger partial charge is 0.393 e. The van der Waals surface area contributed by atoms with Crippen LogP contribution in [0.2, 0.25) is 0 Å². The molecule has 4 rings (SSSR count). The van der Waals surface area contributed by atoms with Crippen LogP contribution in [0.3, 0.4) is 0 Å². The van der Waals surface area contributed by atoms with Crippen molar-refractivity contribution in [1.82, 2.24) is 0 Å². The van der Waals surface area contributed by atoms with Crippen molar-refractivity contribution >= 4 is 0 Å². The fraction of sp³-hybridized carbons (Fsp3) is 0.933. The van der Waals surface area contributed by atoms with Crippen LogP contribution in [0.15, 0.2) is 12.2 Å². The molecule has 12 atom stereocenters. The first-order valence-electron chi connectivity index (χ1n) is 14.0. The maximum Gasteiger partial charge on any atom is 0.0745 e. The highest BCUT2D eigenvalue weighted by Crippen LogP contribution is 2.75. The van der Waals surface area contributed by atoms with Gasteiger partial charge in [-0.2, -0.15) is 0 Å². The van der Waals surface area contributed by atoms with E-state index in [9.17, 15) is 25.5 Å². The molecule has 4 aliphatic carbocycles. The first-order chi connectivity index (χ1) is 15.9. The molecule has 0 spiro atoms. The van der Waals surface area contributed by atoms with E-state index in [4.69, 9.17) is 0 Å². The Morgan fingerprint density at radius 2 is 1.60 bits per heavy atom. The molecule has 0 aliphatic heterocycles. The first-order valence-corrected chi connectivity index (χ1v) is 14.0. The summed E-state index contributed by atoms with van der Waals surface area (Å²) in [6, 6.07) is 0. The highest BCUT2D eigenvalue weighted by Gasteiger charge is 2.72. The summed E-state index contributed by atoms with van der Waals surface area (Å²) in [7, 11) is 0. The molecule has 0 amide bonds. The fourth-order valence-corrected chi connectivity index (χ4v) is 10.4. The lowest BCUT2D eigenvalue weighted by atomic mass is 9.36. The molecular weight excluding hydrogens is 440 g/mol. The zero-order valence-electron chi connectivity index (χ0n) is 23.2. The smallest absolute Gasteiger partial charge is 0.0745 e. The monoisotopic (exact) mass is 492 g/mol. The van der Waals surface area contributed by atoms with Crippen molar-refractivity contribution in [2.24, 2.45) is 45.3 Å². The minimum absolute atomic E-state index is 0.00379. The molecule has 0 heterocycles. The van der Waals surface area contributed by atoms with Crippen molar-refractivity contribution in [2.75, 3.05) is 0 Å². The topological polar surface area (TPSA) is 101 Å². The zero-order chi connectivity index (χ0) is 26.4. The van der Waals surface area contributed by atoms with Crippen LogP contribution in [0.4, 0.5) is 0 Å². The Labute approximate surface area is 213 Å². The van der Waals surface area contributed by atoms with E-state index in [1.54, 1.807) is 0 Å². The number of fused-ring (bicyclic) bond motifs is 5. The summed E-state index contributed by atoms with van der Waals surface area (Å²) in [5, 5.41) is 56.4. The van der Waals surface area contributed by atoms with Crippen LogP contribution >= 0.6 is 0 Å². The van der Waals surface area contributed by atoms with E-state index in [0.29, 0.717) is 31.3 Å². The van der Waals surface area contributed by atoms with Crippen molar-refractivity contribution in [3.8, 4) is 0 Å². The molecule has 5 heteroatoms. The lowest BCUT2D eigenvalue weighted by molar-refractivity contribution is -0.262. The molecule has 0 aromatic rings. The third-order valence-electron chi connectivity index (χ3n) is 12.7. The highest BCUT2D eigenvalue weighted by molar-refractivity contribution is 5.21. The van der Waals surface area contributed by atoms with Crippen LogP contribution in [0, 0.1) is 45.3 Å². The summed E-state index contributed by atoms with van der Waals surface area (Å²) >= 11 is 0. The van der Waals surface area contributed by atoms with Crippen LogP contribution < -0.4 is 0 Å². The van der Waals surface area contributed by atoms with Crippen LogP contribution in [0.25, 0.3) is 0 Å². The van der Waals surface area contributed by atoms with Crippen LogP contribution in [-0.2, 0) is 0 Å². The second kappa shape index (κ2) is 8.53. The third kappa shape index (κ3) is 3.73. The molecule has 0 aromatic heterocycles. The van der Waals surface area contributed by atoms with Gasteiger partial charge in [-0.1, -0.05) is 46.8 Å². The van der Waals surface area contributed by atoms with Gasteiger partial charge in [0.1, 0.15) is 0 Å². The first kappa shape index (κ1) is 27.6. The number of hydrogen-bond acceptors (Lipinski definition) is 5.